The summed E-state index contributed by atoms with van der Waals surface area (Å²) in [5, 5.41) is 8.23. The summed E-state index contributed by atoms with van der Waals surface area (Å²) in [5.41, 5.74) is 1.99. The number of carbonyl (C=O) groups is 1. The number of hydrogen-bond donors (Lipinski definition) is 0. The number of azo groups is 1. The van der Waals surface area contributed by atoms with Crippen molar-refractivity contribution < 1.29 is 17.1 Å². The van der Waals surface area contributed by atoms with E-state index in [1.165, 1.54) is 4.90 Å². The number of amides is 1. The van der Waals surface area contributed by atoms with Crippen LogP contribution in [0.4, 0.5) is 20.9 Å². The molecule has 3 rings (SSSR count). The molecule has 0 radical (unpaired) electrons. The summed E-state index contributed by atoms with van der Waals surface area (Å²) in [6.07, 6.45) is 0.0264. The van der Waals surface area contributed by atoms with Crippen molar-refractivity contribution in [3.05, 3.63) is 54.6 Å². The molecule has 2 aromatic carbocycles. The van der Waals surface area contributed by atoms with Crippen molar-refractivity contribution in [1.82, 2.24) is 0 Å². The zero-order valence-corrected chi connectivity index (χ0v) is 14.1. The van der Waals surface area contributed by atoms with E-state index in [9.17, 15) is 17.1 Å². The van der Waals surface area contributed by atoms with Gasteiger partial charge in [-0.05, 0) is 36.4 Å². The van der Waals surface area contributed by atoms with Gasteiger partial charge in [-0.15, -0.1) is 3.89 Å². The second-order valence-corrected chi connectivity index (χ2v) is 7.24. The van der Waals surface area contributed by atoms with Gasteiger partial charge in [-0.2, -0.15) is 18.6 Å². The van der Waals surface area contributed by atoms with Crippen LogP contribution in [0.1, 0.15) is 6.42 Å². The molecule has 1 fully saturated rings. The van der Waals surface area contributed by atoms with Crippen LogP contribution in [0.2, 0.25) is 0 Å². The average molecular weight is 361 g/mol. The summed E-state index contributed by atoms with van der Waals surface area (Å²) < 4.78 is 34.3. The Bertz CT molecular complexity index is 883. The first kappa shape index (κ1) is 17.2. The molecule has 1 atom stereocenters. The summed E-state index contributed by atoms with van der Waals surface area (Å²) in [6, 6.07) is 16.1. The van der Waals surface area contributed by atoms with Gasteiger partial charge in [0.15, 0.2) is 0 Å². The Morgan fingerprint density at radius 3 is 2.20 bits per heavy atom. The van der Waals surface area contributed by atoms with Gasteiger partial charge in [-0.25, -0.2) is 0 Å². The molecule has 0 aliphatic carbocycles. The monoisotopic (exact) mass is 361 g/mol. The summed E-state index contributed by atoms with van der Waals surface area (Å²) in [7, 11) is -4.58. The van der Waals surface area contributed by atoms with E-state index in [1.807, 2.05) is 30.3 Å². The van der Waals surface area contributed by atoms with Gasteiger partial charge in [0.1, 0.15) is 0 Å². The fourth-order valence-corrected chi connectivity index (χ4v) is 3.52. The molecule has 1 unspecified atom stereocenters. The summed E-state index contributed by atoms with van der Waals surface area (Å²) in [6.45, 7) is 0.187. The normalized spacial score (nSPS) is 18.2. The van der Waals surface area contributed by atoms with Crippen LogP contribution in [0, 0.1) is 5.92 Å². The van der Waals surface area contributed by atoms with Crippen molar-refractivity contribution in [2.24, 2.45) is 16.1 Å². The van der Waals surface area contributed by atoms with E-state index >= 15 is 0 Å². The third kappa shape index (κ3) is 4.69. The highest BCUT2D eigenvalue weighted by molar-refractivity contribution is 7.86. The predicted molar refractivity (Wildman–Crippen MR) is 92.4 cm³/mol. The molecule has 0 bridgehead atoms. The highest BCUT2D eigenvalue weighted by Crippen LogP contribution is 2.28. The van der Waals surface area contributed by atoms with Gasteiger partial charge in [-0.3, -0.25) is 4.79 Å². The Labute approximate surface area is 145 Å². The molecule has 1 amide bonds. The van der Waals surface area contributed by atoms with Gasteiger partial charge in [0.25, 0.3) is 0 Å². The Morgan fingerprint density at radius 2 is 1.60 bits per heavy atom. The van der Waals surface area contributed by atoms with Gasteiger partial charge < -0.3 is 4.90 Å². The van der Waals surface area contributed by atoms with E-state index in [1.54, 1.807) is 24.3 Å². The second-order valence-electron chi connectivity index (χ2n) is 5.83. The second kappa shape index (κ2) is 7.10. The van der Waals surface area contributed by atoms with Gasteiger partial charge in [0, 0.05) is 24.6 Å². The average Bonchev–Trinajstić information content (AvgIpc) is 2.93. The molecule has 0 N–H and O–H groups in total. The van der Waals surface area contributed by atoms with Crippen LogP contribution in [0.5, 0.6) is 0 Å². The van der Waals surface area contributed by atoms with Crippen molar-refractivity contribution in [3.63, 3.8) is 0 Å². The van der Waals surface area contributed by atoms with Crippen LogP contribution in [-0.2, 0) is 15.0 Å². The molecular weight excluding hydrogens is 345 g/mol. The fraction of sp³-hybridized carbons (Fsp3) is 0.235. The molecule has 1 saturated heterocycles. The minimum absolute atomic E-state index is 0.0264. The SMILES string of the molecule is O=C1CC(CS(=O)(=O)F)CN1c1ccc(N=Nc2ccccc2)cc1. The lowest BCUT2D eigenvalue weighted by atomic mass is 10.1. The molecule has 0 aromatic heterocycles. The standard InChI is InChI=1S/C17H16FN3O3S/c18-25(23,24)12-13-10-17(22)21(11-13)16-8-6-15(7-9-16)20-19-14-4-2-1-3-5-14/h1-9,13H,10-12H2. The highest BCUT2D eigenvalue weighted by atomic mass is 32.3. The lowest BCUT2D eigenvalue weighted by Crippen LogP contribution is -2.25. The quantitative estimate of drug-likeness (QED) is 0.601. The fourth-order valence-electron chi connectivity index (χ4n) is 2.73. The van der Waals surface area contributed by atoms with Crippen molar-refractivity contribution in [3.8, 4) is 0 Å². The predicted octanol–water partition coefficient (Wildman–Crippen LogP) is 3.75. The lowest BCUT2D eigenvalue weighted by molar-refractivity contribution is -0.117. The maximum absolute atomic E-state index is 12.8. The molecular formula is C17H16FN3O3S. The maximum Gasteiger partial charge on any atom is 0.302 e. The van der Waals surface area contributed by atoms with Gasteiger partial charge in [0.2, 0.25) is 5.91 Å². The maximum atomic E-state index is 12.8. The van der Waals surface area contributed by atoms with E-state index in [2.05, 4.69) is 10.2 Å². The van der Waals surface area contributed by atoms with Gasteiger partial charge in [-0.1, -0.05) is 18.2 Å². The van der Waals surface area contributed by atoms with Crippen LogP contribution in [0.15, 0.2) is 64.8 Å². The Balaban J connectivity index is 1.68. The third-order valence-corrected chi connectivity index (χ3v) is 4.71. The van der Waals surface area contributed by atoms with Crippen LogP contribution in [0.25, 0.3) is 0 Å². The van der Waals surface area contributed by atoms with E-state index in [4.69, 9.17) is 0 Å². The van der Waals surface area contributed by atoms with Crippen LogP contribution in [-0.4, -0.2) is 26.6 Å². The Kier molecular flexibility index (Phi) is 4.89. The molecule has 2 aromatic rings. The number of rotatable bonds is 5. The first-order valence-corrected chi connectivity index (χ1v) is 9.25. The van der Waals surface area contributed by atoms with Crippen molar-refractivity contribution in [2.45, 2.75) is 6.42 Å². The first-order chi connectivity index (χ1) is 11.9. The zero-order chi connectivity index (χ0) is 17.9. The molecule has 25 heavy (non-hydrogen) atoms. The molecule has 130 valence electrons. The smallest absolute Gasteiger partial charge is 0.302 e. The molecule has 1 aliphatic heterocycles. The molecule has 6 nitrogen and oxygen atoms in total. The first-order valence-electron chi connectivity index (χ1n) is 7.70. The van der Waals surface area contributed by atoms with Crippen molar-refractivity contribution in [1.29, 1.82) is 0 Å². The van der Waals surface area contributed by atoms with Crippen LogP contribution < -0.4 is 4.90 Å². The molecule has 8 heteroatoms. The number of anilines is 1. The van der Waals surface area contributed by atoms with E-state index in [0.717, 1.165) is 5.69 Å². The third-order valence-electron chi connectivity index (χ3n) is 3.84. The number of hydrogen-bond acceptors (Lipinski definition) is 5. The Morgan fingerprint density at radius 1 is 1.00 bits per heavy atom. The zero-order valence-electron chi connectivity index (χ0n) is 13.2. The number of halogens is 1. The number of carbonyl (C=O) groups excluding carboxylic acids is 1. The van der Waals surface area contributed by atoms with Crippen molar-refractivity contribution >= 4 is 33.2 Å². The Hall–Kier alpha value is -2.61. The van der Waals surface area contributed by atoms with E-state index < -0.39 is 21.9 Å². The topological polar surface area (TPSA) is 79.2 Å². The van der Waals surface area contributed by atoms with Crippen LogP contribution >= 0.6 is 0 Å². The van der Waals surface area contributed by atoms with Gasteiger partial charge in [0.05, 0.1) is 17.1 Å². The minimum atomic E-state index is -4.58. The lowest BCUT2D eigenvalue weighted by Gasteiger charge is -2.16. The van der Waals surface area contributed by atoms with Crippen molar-refractivity contribution in [2.75, 3.05) is 17.2 Å². The number of nitrogens with zero attached hydrogens (tertiary/aromatic N) is 3. The molecule has 1 heterocycles. The highest BCUT2D eigenvalue weighted by Gasteiger charge is 2.33. The molecule has 0 spiro atoms. The summed E-state index contributed by atoms with van der Waals surface area (Å²) in [5.74, 6) is -1.37. The van der Waals surface area contributed by atoms with E-state index in [-0.39, 0.29) is 18.9 Å². The molecule has 1 aliphatic rings. The summed E-state index contributed by atoms with van der Waals surface area (Å²) in [4.78, 5) is 13.5. The number of benzene rings is 2. The minimum Gasteiger partial charge on any atom is -0.312 e. The largest absolute Gasteiger partial charge is 0.312 e. The van der Waals surface area contributed by atoms with Crippen LogP contribution in [0.3, 0.4) is 0 Å². The van der Waals surface area contributed by atoms with Gasteiger partial charge >= 0.3 is 10.2 Å². The molecule has 0 saturated carbocycles. The summed E-state index contributed by atoms with van der Waals surface area (Å²) >= 11 is 0. The van der Waals surface area contributed by atoms with E-state index in [0.29, 0.717) is 11.4 Å².